The van der Waals surface area contributed by atoms with Crippen molar-refractivity contribution in [3.05, 3.63) is 60.2 Å². The summed E-state index contributed by atoms with van der Waals surface area (Å²) in [5, 5.41) is 5.77. The molecule has 1 aliphatic carbocycles. The molecular weight excluding hydrogens is 316 g/mol. The third kappa shape index (κ3) is 4.83. The molecular formula is C20H22N2O3. The summed E-state index contributed by atoms with van der Waals surface area (Å²) in [5.41, 5.74) is 1.68. The average molecular weight is 338 g/mol. The first-order valence-corrected chi connectivity index (χ1v) is 8.47. The quantitative estimate of drug-likeness (QED) is 0.814. The fraction of sp³-hybridized carbons (Fsp3) is 0.300. The van der Waals surface area contributed by atoms with Gasteiger partial charge in [0.05, 0.1) is 11.7 Å². The fourth-order valence-electron chi connectivity index (χ4n) is 2.81. The number of hydrogen-bond donors (Lipinski definition) is 2. The molecule has 1 saturated carbocycles. The van der Waals surface area contributed by atoms with Gasteiger partial charge in [0.1, 0.15) is 5.75 Å². The van der Waals surface area contributed by atoms with E-state index in [2.05, 4.69) is 10.6 Å². The molecule has 0 aromatic heterocycles. The summed E-state index contributed by atoms with van der Waals surface area (Å²) in [6.45, 7) is 1.34. The monoisotopic (exact) mass is 338 g/mol. The normalized spacial score (nSPS) is 14.4. The Kier molecular flexibility index (Phi) is 5.33. The van der Waals surface area contributed by atoms with E-state index in [1.165, 1.54) is 6.92 Å². The number of benzene rings is 2. The third-order valence-electron chi connectivity index (χ3n) is 4.13. The molecule has 0 aliphatic heterocycles. The molecule has 25 heavy (non-hydrogen) atoms. The van der Waals surface area contributed by atoms with E-state index in [4.69, 9.17) is 4.74 Å². The van der Waals surface area contributed by atoms with Gasteiger partial charge in [-0.2, -0.15) is 0 Å². The standard InChI is InChI=1S/C20H22N2O3/c1-14(23)21-17-9-5-6-10-18(17)25-13-19(24)22-20(16-11-12-16)15-7-3-2-4-8-15/h2-10,16,20H,11-13H2,1H3,(H,21,23)(H,22,24). The molecule has 2 amide bonds. The lowest BCUT2D eigenvalue weighted by molar-refractivity contribution is -0.124. The summed E-state index contributed by atoms with van der Waals surface area (Å²) in [6, 6.07) is 17.1. The minimum absolute atomic E-state index is 0.0305. The predicted molar refractivity (Wildman–Crippen MR) is 96.3 cm³/mol. The van der Waals surface area contributed by atoms with Crippen LogP contribution >= 0.6 is 0 Å². The van der Waals surface area contributed by atoms with Gasteiger partial charge in [0.25, 0.3) is 5.91 Å². The molecule has 1 aliphatic rings. The summed E-state index contributed by atoms with van der Waals surface area (Å²) >= 11 is 0. The molecule has 0 bridgehead atoms. The highest BCUT2D eigenvalue weighted by Gasteiger charge is 2.33. The highest BCUT2D eigenvalue weighted by molar-refractivity contribution is 5.90. The molecule has 2 N–H and O–H groups in total. The molecule has 0 saturated heterocycles. The van der Waals surface area contributed by atoms with Crippen molar-refractivity contribution in [2.45, 2.75) is 25.8 Å². The Morgan fingerprint density at radius 1 is 1.08 bits per heavy atom. The third-order valence-corrected chi connectivity index (χ3v) is 4.13. The highest BCUT2D eigenvalue weighted by Crippen LogP contribution is 2.40. The molecule has 2 aromatic rings. The lowest BCUT2D eigenvalue weighted by Gasteiger charge is -2.19. The number of carbonyl (C=O) groups is 2. The maximum atomic E-state index is 12.3. The zero-order chi connectivity index (χ0) is 17.6. The molecule has 5 nitrogen and oxygen atoms in total. The van der Waals surface area contributed by atoms with Gasteiger partial charge >= 0.3 is 0 Å². The van der Waals surface area contributed by atoms with Gasteiger partial charge in [-0.25, -0.2) is 0 Å². The van der Waals surface area contributed by atoms with E-state index in [0.717, 1.165) is 18.4 Å². The Hall–Kier alpha value is -2.82. The minimum Gasteiger partial charge on any atom is -0.482 e. The van der Waals surface area contributed by atoms with Crippen LogP contribution < -0.4 is 15.4 Å². The van der Waals surface area contributed by atoms with Crippen LogP contribution in [0.5, 0.6) is 5.75 Å². The number of anilines is 1. The first-order chi connectivity index (χ1) is 12.1. The summed E-state index contributed by atoms with van der Waals surface area (Å²) in [7, 11) is 0. The molecule has 1 fully saturated rings. The maximum Gasteiger partial charge on any atom is 0.258 e. The molecule has 3 rings (SSSR count). The van der Waals surface area contributed by atoms with E-state index >= 15 is 0 Å². The van der Waals surface area contributed by atoms with E-state index in [1.54, 1.807) is 24.3 Å². The lowest BCUT2D eigenvalue weighted by Crippen LogP contribution is -2.33. The van der Waals surface area contributed by atoms with Crippen molar-refractivity contribution in [1.29, 1.82) is 0 Å². The van der Waals surface area contributed by atoms with E-state index in [0.29, 0.717) is 17.4 Å². The maximum absolute atomic E-state index is 12.3. The second kappa shape index (κ2) is 7.83. The number of nitrogens with one attached hydrogen (secondary N) is 2. The van der Waals surface area contributed by atoms with Gasteiger partial charge in [-0.1, -0.05) is 42.5 Å². The topological polar surface area (TPSA) is 67.4 Å². The average Bonchev–Trinajstić information content (AvgIpc) is 3.44. The Balaban J connectivity index is 1.60. The zero-order valence-corrected chi connectivity index (χ0v) is 14.2. The van der Waals surface area contributed by atoms with Crippen molar-refractivity contribution in [2.24, 2.45) is 5.92 Å². The SMILES string of the molecule is CC(=O)Nc1ccccc1OCC(=O)NC(c1ccccc1)C1CC1. The van der Waals surface area contributed by atoms with Crippen molar-refractivity contribution in [3.8, 4) is 5.75 Å². The lowest BCUT2D eigenvalue weighted by atomic mass is 10.0. The van der Waals surface area contributed by atoms with Gasteiger partial charge in [0.2, 0.25) is 5.91 Å². The number of hydrogen-bond acceptors (Lipinski definition) is 3. The summed E-state index contributed by atoms with van der Waals surface area (Å²) < 4.78 is 5.61. The molecule has 0 radical (unpaired) electrons. The van der Waals surface area contributed by atoms with Crippen molar-refractivity contribution >= 4 is 17.5 Å². The number of amides is 2. The molecule has 1 atom stereocenters. The molecule has 130 valence electrons. The van der Waals surface area contributed by atoms with Crippen LogP contribution in [0.3, 0.4) is 0 Å². The van der Waals surface area contributed by atoms with Crippen LogP contribution in [0.1, 0.15) is 31.4 Å². The van der Waals surface area contributed by atoms with E-state index in [1.807, 2.05) is 30.3 Å². The van der Waals surface area contributed by atoms with Crippen molar-refractivity contribution in [2.75, 3.05) is 11.9 Å². The van der Waals surface area contributed by atoms with Crippen LogP contribution in [0.15, 0.2) is 54.6 Å². The Morgan fingerprint density at radius 3 is 2.44 bits per heavy atom. The van der Waals surface area contributed by atoms with Gasteiger partial charge in [-0.3, -0.25) is 9.59 Å². The number of carbonyl (C=O) groups excluding carboxylic acids is 2. The first kappa shape index (κ1) is 17.0. The molecule has 0 spiro atoms. The first-order valence-electron chi connectivity index (χ1n) is 8.47. The molecule has 0 heterocycles. The van der Waals surface area contributed by atoms with Gasteiger partial charge < -0.3 is 15.4 Å². The number of rotatable bonds is 7. The van der Waals surface area contributed by atoms with E-state index in [-0.39, 0.29) is 24.5 Å². The smallest absolute Gasteiger partial charge is 0.258 e. The van der Waals surface area contributed by atoms with E-state index in [9.17, 15) is 9.59 Å². The molecule has 5 heteroatoms. The molecule has 1 unspecified atom stereocenters. The fourth-order valence-corrected chi connectivity index (χ4v) is 2.81. The van der Waals surface area contributed by atoms with E-state index < -0.39 is 0 Å². The summed E-state index contributed by atoms with van der Waals surface area (Å²) in [5.74, 6) is 0.630. The zero-order valence-electron chi connectivity index (χ0n) is 14.2. The van der Waals surface area contributed by atoms with Gasteiger partial charge in [0.15, 0.2) is 6.61 Å². The van der Waals surface area contributed by atoms with Crippen LogP contribution in [0.4, 0.5) is 5.69 Å². The van der Waals surface area contributed by atoms with Gasteiger partial charge in [0, 0.05) is 6.92 Å². The largest absolute Gasteiger partial charge is 0.482 e. The minimum atomic E-state index is -0.182. The number of ether oxygens (including phenoxy) is 1. The summed E-state index contributed by atoms with van der Waals surface area (Å²) in [4.78, 5) is 23.6. The van der Waals surface area contributed by atoms with Crippen molar-refractivity contribution in [3.63, 3.8) is 0 Å². The van der Waals surface area contributed by atoms with Crippen molar-refractivity contribution in [1.82, 2.24) is 5.32 Å². The Morgan fingerprint density at radius 2 is 1.76 bits per heavy atom. The second-order valence-corrected chi connectivity index (χ2v) is 6.26. The predicted octanol–water partition coefficient (Wildman–Crippen LogP) is 3.29. The summed E-state index contributed by atoms with van der Waals surface area (Å²) in [6.07, 6.45) is 2.26. The van der Waals surface area contributed by atoms with Crippen LogP contribution in [0.25, 0.3) is 0 Å². The Bertz CT molecular complexity index is 742. The van der Waals surface area contributed by atoms with Crippen molar-refractivity contribution < 1.29 is 14.3 Å². The van der Waals surface area contributed by atoms with Crippen LogP contribution in [0.2, 0.25) is 0 Å². The van der Waals surface area contributed by atoms with Crippen LogP contribution in [0, 0.1) is 5.92 Å². The molecule has 2 aromatic carbocycles. The second-order valence-electron chi connectivity index (χ2n) is 6.26. The number of para-hydroxylation sites is 2. The highest BCUT2D eigenvalue weighted by atomic mass is 16.5. The Labute approximate surface area is 147 Å². The van der Waals surface area contributed by atoms with Crippen LogP contribution in [-0.4, -0.2) is 18.4 Å². The van der Waals surface area contributed by atoms with Crippen LogP contribution in [-0.2, 0) is 9.59 Å². The van der Waals surface area contributed by atoms with Gasteiger partial charge in [-0.05, 0) is 36.5 Å². The van der Waals surface area contributed by atoms with Gasteiger partial charge in [-0.15, -0.1) is 0 Å².